The largest absolute Gasteiger partial charge is 0.494 e. The van der Waals surface area contributed by atoms with E-state index in [1.807, 2.05) is 32.0 Å². The molecular formula is C27H30N2O3. The summed E-state index contributed by atoms with van der Waals surface area (Å²) in [5.41, 5.74) is 3.00. The first-order chi connectivity index (χ1) is 15.5. The number of hydrogen-bond acceptors (Lipinski definition) is 3. The van der Waals surface area contributed by atoms with E-state index in [1.165, 1.54) is 5.56 Å². The van der Waals surface area contributed by atoms with Gasteiger partial charge in [-0.15, -0.1) is 0 Å². The summed E-state index contributed by atoms with van der Waals surface area (Å²) in [7, 11) is 0. The van der Waals surface area contributed by atoms with Crippen LogP contribution in [-0.4, -0.2) is 24.5 Å². The van der Waals surface area contributed by atoms with E-state index in [0.29, 0.717) is 23.4 Å². The molecule has 0 aliphatic heterocycles. The van der Waals surface area contributed by atoms with Crippen molar-refractivity contribution in [2.24, 2.45) is 0 Å². The maximum absolute atomic E-state index is 12.5. The molecule has 1 atom stereocenters. The van der Waals surface area contributed by atoms with Gasteiger partial charge in [0, 0.05) is 22.9 Å². The molecule has 0 fully saturated rings. The monoisotopic (exact) mass is 430 g/mol. The molecule has 3 aromatic carbocycles. The van der Waals surface area contributed by atoms with E-state index in [4.69, 9.17) is 4.74 Å². The van der Waals surface area contributed by atoms with Gasteiger partial charge >= 0.3 is 0 Å². The van der Waals surface area contributed by atoms with Gasteiger partial charge in [-0.1, -0.05) is 37.3 Å². The second-order valence-corrected chi connectivity index (χ2v) is 7.80. The number of nitrogens with one attached hydrogen (secondary N) is 2. The Morgan fingerprint density at radius 2 is 1.47 bits per heavy atom. The average molecular weight is 431 g/mol. The molecule has 0 aliphatic carbocycles. The van der Waals surface area contributed by atoms with E-state index in [9.17, 15) is 9.59 Å². The second kappa shape index (κ2) is 11.7. The first kappa shape index (κ1) is 23.1. The molecule has 0 aliphatic rings. The smallest absolute Gasteiger partial charge is 0.255 e. The van der Waals surface area contributed by atoms with Crippen molar-refractivity contribution in [3.63, 3.8) is 0 Å². The number of hydrogen-bond donors (Lipinski definition) is 2. The maximum Gasteiger partial charge on any atom is 0.255 e. The molecule has 0 unspecified atom stereocenters. The lowest BCUT2D eigenvalue weighted by atomic mass is 10.1. The number of anilines is 1. The normalized spacial score (nSPS) is 11.4. The predicted molar refractivity (Wildman–Crippen MR) is 128 cm³/mol. The van der Waals surface area contributed by atoms with Crippen molar-refractivity contribution in [3.8, 4) is 5.75 Å². The predicted octanol–water partition coefficient (Wildman–Crippen LogP) is 5.48. The van der Waals surface area contributed by atoms with Crippen LogP contribution in [0.2, 0.25) is 0 Å². The molecule has 2 amide bonds. The third kappa shape index (κ3) is 6.98. The Morgan fingerprint density at radius 1 is 0.844 bits per heavy atom. The Kier molecular flexibility index (Phi) is 8.44. The van der Waals surface area contributed by atoms with Crippen molar-refractivity contribution >= 4 is 17.5 Å². The second-order valence-electron chi connectivity index (χ2n) is 7.80. The highest BCUT2D eigenvalue weighted by Gasteiger charge is 2.11. The number of carbonyl (C=O) groups is 2. The third-order valence-electron chi connectivity index (χ3n) is 5.08. The molecule has 0 saturated heterocycles. The Morgan fingerprint density at radius 3 is 2.12 bits per heavy atom. The lowest BCUT2D eigenvalue weighted by Crippen LogP contribution is -2.32. The van der Waals surface area contributed by atoms with Crippen LogP contribution in [-0.2, 0) is 6.42 Å². The van der Waals surface area contributed by atoms with Gasteiger partial charge in [-0.05, 0) is 80.3 Å². The van der Waals surface area contributed by atoms with Crippen LogP contribution >= 0.6 is 0 Å². The van der Waals surface area contributed by atoms with Crippen LogP contribution in [0, 0.1) is 0 Å². The lowest BCUT2D eigenvalue weighted by Gasteiger charge is -2.14. The van der Waals surface area contributed by atoms with E-state index in [1.54, 1.807) is 48.5 Å². The van der Waals surface area contributed by atoms with E-state index in [0.717, 1.165) is 25.0 Å². The van der Waals surface area contributed by atoms with Crippen molar-refractivity contribution in [1.29, 1.82) is 0 Å². The molecule has 0 heterocycles. The number of amides is 2. The summed E-state index contributed by atoms with van der Waals surface area (Å²) in [6, 6.07) is 24.3. The van der Waals surface area contributed by atoms with Crippen LogP contribution in [0.1, 0.15) is 53.0 Å². The van der Waals surface area contributed by atoms with Crippen LogP contribution in [0.5, 0.6) is 5.75 Å². The summed E-state index contributed by atoms with van der Waals surface area (Å²) in [5, 5.41) is 5.89. The minimum absolute atomic E-state index is 0.0614. The molecule has 0 saturated carbocycles. The molecule has 0 spiro atoms. The van der Waals surface area contributed by atoms with Crippen LogP contribution in [0.25, 0.3) is 0 Å². The number of ether oxygens (including phenoxy) is 1. The highest BCUT2D eigenvalue weighted by molar-refractivity contribution is 6.04. The fourth-order valence-corrected chi connectivity index (χ4v) is 3.24. The molecule has 5 nitrogen and oxygen atoms in total. The maximum atomic E-state index is 12.5. The summed E-state index contributed by atoms with van der Waals surface area (Å²) >= 11 is 0. The molecule has 0 bridgehead atoms. The quantitative estimate of drug-likeness (QED) is 0.448. The number of carbonyl (C=O) groups excluding carboxylic acids is 2. The Bertz CT molecular complexity index is 999. The van der Waals surface area contributed by atoms with Crippen LogP contribution in [0.15, 0.2) is 78.9 Å². The zero-order valence-electron chi connectivity index (χ0n) is 18.6. The van der Waals surface area contributed by atoms with Gasteiger partial charge in [-0.2, -0.15) is 0 Å². The SMILES string of the molecule is CCCOc1ccc(C(=O)Nc2ccc(C(=O)N[C@@H](C)CCc3ccccc3)cc2)cc1. The van der Waals surface area contributed by atoms with Gasteiger partial charge in [0.1, 0.15) is 5.75 Å². The Balaban J connectivity index is 1.49. The molecule has 2 N–H and O–H groups in total. The molecule has 0 aromatic heterocycles. The molecular weight excluding hydrogens is 400 g/mol. The molecule has 166 valence electrons. The van der Waals surface area contributed by atoms with E-state index in [2.05, 4.69) is 22.8 Å². The van der Waals surface area contributed by atoms with E-state index < -0.39 is 0 Å². The van der Waals surface area contributed by atoms with E-state index >= 15 is 0 Å². The topological polar surface area (TPSA) is 67.4 Å². The Labute approximate surface area is 189 Å². The number of aryl methyl sites for hydroxylation is 1. The molecule has 32 heavy (non-hydrogen) atoms. The van der Waals surface area contributed by atoms with Crippen molar-refractivity contribution < 1.29 is 14.3 Å². The van der Waals surface area contributed by atoms with Gasteiger partial charge in [0.15, 0.2) is 0 Å². The lowest BCUT2D eigenvalue weighted by molar-refractivity contribution is 0.0938. The van der Waals surface area contributed by atoms with E-state index in [-0.39, 0.29) is 17.9 Å². The Hall–Kier alpha value is -3.60. The summed E-state index contributed by atoms with van der Waals surface area (Å²) < 4.78 is 5.54. The van der Waals surface area contributed by atoms with Gasteiger partial charge in [-0.25, -0.2) is 0 Å². The van der Waals surface area contributed by atoms with Crippen molar-refractivity contribution in [2.75, 3.05) is 11.9 Å². The standard InChI is InChI=1S/C27H30N2O3/c1-3-19-32-25-17-13-23(14-18-25)27(31)29-24-15-11-22(12-16-24)26(30)28-20(2)9-10-21-7-5-4-6-8-21/h4-8,11-18,20H,3,9-10,19H2,1-2H3,(H,28,30)(H,29,31)/t20-/m0/s1. The highest BCUT2D eigenvalue weighted by Crippen LogP contribution is 2.15. The summed E-state index contributed by atoms with van der Waals surface area (Å²) in [6.45, 7) is 4.70. The van der Waals surface area contributed by atoms with Gasteiger partial charge < -0.3 is 15.4 Å². The highest BCUT2D eigenvalue weighted by atomic mass is 16.5. The molecule has 3 aromatic rings. The fourth-order valence-electron chi connectivity index (χ4n) is 3.24. The summed E-state index contributed by atoms with van der Waals surface area (Å²) in [5.74, 6) is 0.418. The molecule has 3 rings (SSSR count). The van der Waals surface area contributed by atoms with Gasteiger partial charge in [0.2, 0.25) is 0 Å². The fraction of sp³-hybridized carbons (Fsp3) is 0.259. The zero-order chi connectivity index (χ0) is 22.8. The van der Waals surface area contributed by atoms with Gasteiger partial charge in [-0.3, -0.25) is 9.59 Å². The molecule has 0 radical (unpaired) electrons. The van der Waals surface area contributed by atoms with Gasteiger partial charge in [0.25, 0.3) is 11.8 Å². The average Bonchev–Trinajstić information content (AvgIpc) is 2.83. The minimum Gasteiger partial charge on any atom is -0.494 e. The summed E-state index contributed by atoms with van der Waals surface area (Å²) in [6.07, 6.45) is 2.72. The first-order valence-electron chi connectivity index (χ1n) is 11.0. The van der Waals surface area contributed by atoms with Crippen molar-refractivity contribution in [1.82, 2.24) is 5.32 Å². The van der Waals surface area contributed by atoms with Gasteiger partial charge in [0.05, 0.1) is 6.61 Å². The van der Waals surface area contributed by atoms with Crippen molar-refractivity contribution in [2.45, 2.75) is 39.2 Å². The third-order valence-corrected chi connectivity index (χ3v) is 5.08. The zero-order valence-corrected chi connectivity index (χ0v) is 18.6. The van der Waals surface area contributed by atoms with Crippen LogP contribution in [0.4, 0.5) is 5.69 Å². The number of rotatable bonds is 10. The molecule has 5 heteroatoms. The van der Waals surface area contributed by atoms with Crippen LogP contribution in [0.3, 0.4) is 0 Å². The number of benzene rings is 3. The summed E-state index contributed by atoms with van der Waals surface area (Å²) in [4.78, 5) is 25.0. The minimum atomic E-state index is -0.209. The first-order valence-corrected chi connectivity index (χ1v) is 11.0. The van der Waals surface area contributed by atoms with Crippen molar-refractivity contribution in [3.05, 3.63) is 95.6 Å². The van der Waals surface area contributed by atoms with Crippen LogP contribution < -0.4 is 15.4 Å².